The molecule has 0 aliphatic heterocycles. The first-order valence-corrected chi connectivity index (χ1v) is 6.94. The van der Waals surface area contributed by atoms with Crippen LogP contribution in [0.3, 0.4) is 0 Å². The maximum atomic E-state index is 13.3. The molecule has 2 aromatic rings. The molecule has 0 spiro atoms. The Labute approximate surface area is 133 Å². The van der Waals surface area contributed by atoms with Crippen molar-refractivity contribution in [3.8, 4) is 5.75 Å². The number of halogens is 1. The van der Waals surface area contributed by atoms with E-state index >= 15 is 0 Å². The summed E-state index contributed by atoms with van der Waals surface area (Å²) in [5, 5.41) is 2.31. The van der Waals surface area contributed by atoms with Gasteiger partial charge in [-0.25, -0.2) is 9.18 Å². The number of para-hydroxylation sites is 1. The second-order valence-corrected chi connectivity index (χ2v) is 4.79. The number of benzene rings is 2. The highest BCUT2D eigenvalue weighted by Crippen LogP contribution is 2.12. The Bertz CT molecular complexity index is 685. The van der Waals surface area contributed by atoms with Crippen molar-refractivity contribution >= 4 is 17.6 Å². The maximum absolute atomic E-state index is 13.3. The summed E-state index contributed by atoms with van der Waals surface area (Å²) in [5.74, 6) is -1.34. The fourth-order valence-corrected chi connectivity index (χ4v) is 1.71. The molecule has 0 radical (unpaired) electrons. The van der Waals surface area contributed by atoms with E-state index in [1.807, 2.05) is 19.1 Å². The maximum Gasteiger partial charge on any atom is 0.344 e. The van der Waals surface area contributed by atoms with Crippen LogP contribution in [-0.2, 0) is 14.3 Å². The summed E-state index contributed by atoms with van der Waals surface area (Å²) in [6.07, 6.45) is 0. The molecule has 5 nitrogen and oxygen atoms in total. The van der Waals surface area contributed by atoms with E-state index in [1.165, 1.54) is 18.2 Å². The molecule has 0 aromatic heterocycles. The van der Waals surface area contributed by atoms with Gasteiger partial charge in [0.15, 0.2) is 13.2 Å². The van der Waals surface area contributed by atoms with Crippen LogP contribution in [0.1, 0.15) is 5.56 Å². The third-order valence-corrected chi connectivity index (χ3v) is 2.89. The average molecular weight is 317 g/mol. The number of anilines is 1. The molecule has 0 unspecified atom stereocenters. The molecule has 120 valence electrons. The van der Waals surface area contributed by atoms with Crippen molar-refractivity contribution in [2.45, 2.75) is 6.92 Å². The van der Waals surface area contributed by atoms with Crippen molar-refractivity contribution in [3.05, 3.63) is 59.9 Å². The minimum absolute atomic E-state index is 0.0319. The molecule has 2 rings (SSSR count). The van der Waals surface area contributed by atoms with Gasteiger partial charge in [0.1, 0.15) is 11.6 Å². The standard InChI is InChI=1S/C17H16FNO4/c1-12-6-8-13(9-7-12)22-11-17(21)23-10-16(20)19-15-5-3-2-4-14(15)18/h2-9H,10-11H2,1H3,(H,19,20). The van der Waals surface area contributed by atoms with Gasteiger partial charge >= 0.3 is 5.97 Å². The Hall–Kier alpha value is -2.89. The quantitative estimate of drug-likeness (QED) is 0.832. The van der Waals surface area contributed by atoms with E-state index in [-0.39, 0.29) is 12.3 Å². The highest BCUT2D eigenvalue weighted by molar-refractivity contribution is 5.92. The number of hydrogen-bond donors (Lipinski definition) is 1. The van der Waals surface area contributed by atoms with Gasteiger partial charge in [0, 0.05) is 0 Å². The van der Waals surface area contributed by atoms with Gasteiger partial charge < -0.3 is 14.8 Å². The average Bonchev–Trinajstić information content (AvgIpc) is 2.54. The van der Waals surface area contributed by atoms with Gasteiger partial charge in [0.25, 0.3) is 5.91 Å². The van der Waals surface area contributed by atoms with Crippen LogP contribution < -0.4 is 10.1 Å². The van der Waals surface area contributed by atoms with Crippen LogP contribution in [0.15, 0.2) is 48.5 Å². The second kappa shape index (κ2) is 7.93. The Morgan fingerprint density at radius 1 is 1.04 bits per heavy atom. The molecule has 0 aliphatic rings. The van der Waals surface area contributed by atoms with Crippen molar-refractivity contribution in [3.63, 3.8) is 0 Å². The van der Waals surface area contributed by atoms with Gasteiger partial charge in [-0.2, -0.15) is 0 Å². The fraction of sp³-hybridized carbons (Fsp3) is 0.176. The highest BCUT2D eigenvalue weighted by Gasteiger charge is 2.10. The minimum atomic E-state index is -0.686. The molecule has 0 saturated carbocycles. The van der Waals surface area contributed by atoms with Crippen LogP contribution in [0, 0.1) is 12.7 Å². The third kappa shape index (κ3) is 5.43. The number of esters is 1. The first kappa shape index (κ1) is 16.5. The minimum Gasteiger partial charge on any atom is -0.482 e. The van der Waals surface area contributed by atoms with E-state index in [2.05, 4.69) is 5.32 Å². The topological polar surface area (TPSA) is 64.6 Å². The van der Waals surface area contributed by atoms with Crippen LogP contribution in [0.25, 0.3) is 0 Å². The Balaban J connectivity index is 1.72. The van der Waals surface area contributed by atoms with Gasteiger partial charge in [-0.1, -0.05) is 29.8 Å². The monoisotopic (exact) mass is 317 g/mol. The summed E-state index contributed by atoms with van der Waals surface area (Å²) in [6.45, 7) is 1.12. The van der Waals surface area contributed by atoms with E-state index in [0.29, 0.717) is 5.75 Å². The van der Waals surface area contributed by atoms with Crippen LogP contribution in [-0.4, -0.2) is 25.1 Å². The molecule has 0 fully saturated rings. The van der Waals surface area contributed by atoms with E-state index < -0.39 is 24.3 Å². The number of aryl methyl sites for hydroxylation is 1. The second-order valence-electron chi connectivity index (χ2n) is 4.79. The summed E-state index contributed by atoms with van der Waals surface area (Å²) >= 11 is 0. The lowest BCUT2D eigenvalue weighted by Gasteiger charge is -2.08. The molecule has 0 bridgehead atoms. The normalized spacial score (nSPS) is 10.0. The fourth-order valence-electron chi connectivity index (χ4n) is 1.71. The Kier molecular flexibility index (Phi) is 5.68. The summed E-state index contributed by atoms with van der Waals surface area (Å²) in [7, 11) is 0. The van der Waals surface area contributed by atoms with E-state index in [1.54, 1.807) is 18.2 Å². The van der Waals surface area contributed by atoms with E-state index in [9.17, 15) is 14.0 Å². The summed E-state index contributed by atoms with van der Waals surface area (Å²) < 4.78 is 23.3. The Morgan fingerprint density at radius 2 is 1.74 bits per heavy atom. The molecule has 0 saturated heterocycles. The highest BCUT2D eigenvalue weighted by atomic mass is 19.1. The number of nitrogens with one attached hydrogen (secondary N) is 1. The first-order valence-electron chi connectivity index (χ1n) is 6.94. The molecule has 6 heteroatoms. The summed E-state index contributed by atoms with van der Waals surface area (Å²) in [6, 6.07) is 12.9. The van der Waals surface area contributed by atoms with Crippen molar-refractivity contribution in [1.29, 1.82) is 0 Å². The molecule has 0 aliphatic carbocycles. The predicted octanol–water partition coefficient (Wildman–Crippen LogP) is 2.69. The zero-order chi connectivity index (χ0) is 16.7. The van der Waals surface area contributed by atoms with E-state index in [4.69, 9.17) is 9.47 Å². The molecule has 1 N–H and O–H groups in total. The van der Waals surface area contributed by atoms with Gasteiger partial charge in [0.05, 0.1) is 5.69 Å². The summed E-state index contributed by atoms with van der Waals surface area (Å²) in [4.78, 5) is 23.1. The lowest BCUT2D eigenvalue weighted by Crippen LogP contribution is -2.24. The van der Waals surface area contributed by atoms with Crippen molar-refractivity contribution in [1.82, 2.24) is 0 Å². The van der Waals surface area contributed by atoms with E-state index in [0.717, 1.165) is 5.56 Å². The SMILES string of the molecule is Cc1ccc(OCC(=O)OCC(=O)Nc2ccccc2F)cc1. The number of carbonyl (C=O) groups is 2. The zero-order valence-electron chi connectivity index (χ0n) is 12.5. The van der Waals surface area contributed by atoms with Gasteiger partial charge in [-0.05, 0) is 31.2 Å². The van der Waals surface area contributed by atoms with Gasteiger partial charge in [-0.15, -0.1) is 0 Å². The lowest BCUT2D eigenvalue weighted by molar-refractivity contribution is -0.149. The molecule has 0 heterocycles. The largest absolute Gasteiger partial charge is 0.482 e. The van der Waals surface area contributed by atoms with Crippen molar-refractivity contribution in [2.24, 2.45) is 0 Å². The van der Waals surface area contributed by atoms with Gasteiger partial charge in [-0.3, -0.25) is 4.79 Å². The zero-order valence-corrected chi connectivity index (χ0v) is 12.5. The third-order valence-electron chi connectivity index (χ3n) is 2.89. The molecule has 1 amide bonds. The number of rotatable bonds is 6. The number of amides is 1. The Morgan fingerprint density at radius 3 is 2.43 bits per heavy atom. The van der Waals surface area contributed by atoms with Crippen LogP contribution >= 0.6 is 0 Å². The van der Waals surface area contributed by atoms with Gasteiger partial charge in [0.2, 0.25) is 0 Å². The molecular weight excluding hydrogens is 301 g/mol. The molecule has 23 heavy (non-hydrogen) atoms. The molecular formula is C17H16FNO4. The van der Waals surface area contributed by atoms with Crippen LogP contribution in [0.4, 0.5) is 10.1 Å². The van der Waals surface area contributed by atoms with Crippen LogP contribution in [0.2, 0.25) is 0 Å². The predicted molar refractivity (Wildman–Crippen MR) is 82.7 cm³/mol. The number of hydrogen-bond acceptors (Lipinski definition) is 4. The summed E-state index contributed by atoms with van der Waals surface area (Å²) in [5.41, 5.74) is 1.11. The first-order chi connectivity index (χ1) is 11.0. The lowest BCUT2D eigenvalue weighted by atomic mass is 10.2. The number of ether oxygens (including phenoxy) is 2. The number of carbonyl (C=O) groups excluding carboxylic acids is 2. The molecule has 2 aromatic carbocycles. The molecule has 0 atom stereocenters. The van der Waals surface area contributed by atoms with Crippen molar-refractivity contribution < 1.29 is 23.5 Å². The smallest absolute Gasteiger partial charge is 0.344 e. The van der Waals surface area contributed by atoms with Crippen molar-refractivity contribution in [2.75, 3.05) is 18.5 Å². The van der Waals surface area contributed by atoms with Crippen LogP contribution in [0.5, 0.6) is 5.75 Å².